The second kappa shape index (κ2) is 8.93. The first-order chi connectivity index (χ1) is 5.81. The van der Waals surface area contributed by atoms with Gasteiger partial charge in [-0.1, -0.05) is 0 Å². The molecule has 4 nitrogen and oxygen atoms in total. The van der Waals surface area contributed by atoms with Gasteiger partial charge in [-0.3, -0.25) is 0 Å². The summed E-state index contributed by atoms with van der Waals surface area (Å²) in [6, 6.07) is 0. The lowest BCUT2D eigenvalue weighted by Gasteiger charge is -2.10. The third kappa shape index (κ3) is 7.94. The van der Waals surface area contributed by atoms with Crippen LogP contribution in [0.4, 0.5) is 0 Å². The van der Waals surface area contributed by atoms with Crippen molar-refractivity contribution < 1.29 is 14.9 Å². The van der Waals surface area contributed by atoms with Crippen molar-refractivity contribution in [1.82, 2.24) is 5.32 Å². The van der Waals surface area contributed by atoms with Crippen molar-refractivity contribution in [1.29, 1.82) is 0 Å². The van der Waals surface area contributed by atoms with Crippen LogP contribution in [0.15, 0.2) is 0 Å². The molecule has 0 spiro atoms. The molecule has 0 aliphatic carbocycles. The van der Waals surface area contributed by atoms with E-state index in [1.165, 1.54) is 0 Å². The maximum atomic E-state index is 9.23. The van der Waals surface area contributed by atoms with Gasteiger partial charge in [0.1, 0.15) is 0 Å². The van der Waals surface area contributed by atoms with Gasteiger partial charge in [0.2, 0.25) is 0 Å². The molecule has 0 aromatic rings. The second-order valence-corrected chi connectivity index (χ2v) is 2.59. The van der Waals surface area contributed by atoms with Crippen LogP contribution in [0.3, 0.4) is 0 Å². The molecule has 0 rings (SSSR count). The minimum absolute atomic E-state index is 0.189. The molecule has 1 unspecified atom stereocenters. The molecule has 0 radical (unpaired) electrons. The van der Waals surface area contributed by atoms with Crippen LogP contribution >= 0.6 is 0 Å². The predicted octanol–water partition coefficient (Wildman–Crippen LogP) is -0.644. The molecule has 0 aromatic heterocycles. The minimum Gasteiger partial charge on any atom is -0.396 e. The molecule has 0 aliphatic rings. The van der Waals surface area contributed by atoms with Crippen molar-refractivity contribution in [3.05, 3.63) is 0 Å². The molecule has 0 aliphatic heterocycles. The highest BCUT2D eigenvalue weighted by Crippen LogP contribution is 1.83. The van der Waals surface area contributed by atoms with Crippen LogP contribution in [-0.2, 0) is 4.74 Å². The lowest BCUT2D eigenvalue weighted by molar-refractivity contribution is 0.0428. The van der Waals surface area contributed by atoms with Crippen molar-refractivity contribution >= 4 is 0 Å². The number of hydrogen-bond donors (Lipinski definition) is 3. The molecular weight excluding hydrogens is 158 g/mol. The molecule has 0 saturated carbocycles. The smallest absolute Gasteiger partial charge is 0.0897 e. The third-order valence-corrected chi connectivity index (χ3v) is 1.41. The van der Waals surface area contributed by atoms with Gasteiger partial charge in [0.15, 0.2) is 0 Å². The molecule has 1 atom stereocenters. The van der Waals surface area contributed by atoms with E-state index in [9.17, 15) is 5.11 Å². The Bertz CT molecular complexity index is 90.4. The molecule has 0 bridgehead atoms. The zero-order valence-corrected chi connectivity index (χ0v) is 7.62. The number of hydrogen-bond acceptors (Lipinski definition) is 4. The van der Waals surface area contributed by atoms with Gasteiger partial charge in [-0.2, -0.15) is 0 Å². The van der Waals surface area contributed by atoms with E-state index < -0.39 is 6.10 Å². The zero-order chi connectivity index (χ0) is 9.23. The molecule has 4 heteroatoms. The van der Waals surface area contributed by atoms with Crippen molar-refractivity contribution in [2.75, 3.05) is 32.9 Å². The predicted molar refractivity (Wildman–Crippen MR) is 47.1 cm³/mol. The Kier molecular flexibility index (Phi) is 8.81. The second-order valence-electron chi connectivity index (χ2n) is 2.59. The molecule has 74 valence electrons. The summed E-state index contributed by atoms with van der Waals surface area (Å²) in [5.41, 5.74) is 0. The van der Waals surface area contributed by atoms with Crippen molar-refractivity contribution in [2.45, 2.75) is 19.4 Å². The van der Waals surface area contributed by atoms with Crippen molar-refractivity contribution in [3.8, 4) is 0 Å². The van der Waals surface area contributed by atoms with E-state index in [2.05, 4.69) is 5.32 Å². The Hall–Kier alpha value is -0.160. The average molecular weight is 177 g/mol. The van der Waals surface area contributed by atoms with E-state index in [0.29, 0.717) is 19.8 Å². The molecular formula is C8H19NO3. The standard InChI is InChI=1S/C8H19NO3/c1-2-12-7-8(11)6-9-4-3-5-10/h8-11H,2-7H2,1H3. The average Bonchev–Trinajstić information content (AvgIpc) is 2.09. The van der Waals surface area contributed by atoms with Crippen LogP contribution in [-0.4, -0.2) is 49.2 Å². The highest BCUT2D eigenvalue weighted by Gasteiger charge is 2.01. The van der Waals surface area contributed by atoms with Gasteiger partial charge in [0.25, 0.3) is 0 Å². The summed E-state index contributed by atoms with van der Waals surface area (Å²) >= 11 is 0. The van der Waals surface area contributed by atoms with E-state index >= 15 is 0 Å². The summed E-state index contributed by atoms with van der Waals surface area (Å²) in [4.78, 5) is 0. The zero-order valence-electron chi connectivity index (χ0n) is 7.62. The lowest BCUT2D eigenvalue weighted by atomic mass is 10.3. The monoisotopic (exact) mass is 177 g/mol. The molecule has 0 amide bonds. The summed E-state index contributed by atoms with van der Waals surface area (Å²) in [7, 11) is 0. The van der Waals surface area contributed by atoms with Crippen LogP contribution < -0.4 is 5.32 Å². The van der Waals surface area contributed by atoms with Crippen LogP contribution in [0, 0.1) is 0 Å². The van der Waals surface area contributed by atoms with Crippen molar-refractivity contribution in [2.24, 2.45) is 0 Å². The first-order valence-corrected chi connectivity index (χ1v) is 4.38. The molecule has 0 saturated heterocycles. The number of nitrogens with one attached hydrogen (secondary N) is 1. The molecule has 12 heavy (non-hydrogen) atoms. The Morgan fingerprint density at radius 3 is 2.83 bits per heavy atom. The fourth-order valence-electron chi connectivity index (χ4n) is 0.786. The van der Waals surface area contributed by atoms with Gasteiger partial charge in [-0.25, -0.2) is 0 Å². The van der Waals surface area contributed by atoms with E-state index in [4.69, 9.17) is 9.84 Å². The minimum atomic E-state index is -0.441. The van der Waals surface area contributed by atoms with E-state index in [0.717, 1.165) is 13.0 Å². The summed E-state index contributed by atoms with van der Waals surface area (Å²) in [6.45, 7) is 4.36. The Labute approximate surface area is 73.5 Å². The summed E-state index contributed by atoms with van der Waals surface area (Å²) in [5.74, 6) is 0. The fourth-order valence-corrected chi connectivity index (χ4v) is 0.786. The van der Waals surface area contributed by atoms with E-state index in [1.807, 2.05) is 6.92 Å². The topological polar surface area (TPSA) is 61.7 Å². The fraction of sp³-hybridized carbons (Fsp3) is 1.00. The quantitative estimate of drug-likeness (QED) is 0.431. The van der Waals surface area contributed by atoms with Crippen LogP contribution in [0.5, 0.6) is 0 Å². The summed E-state index contributed by atoms with van der Waals surface area (Å²) in [5, 5.41) is 20.7. The normalized spacial score (nSPS) is 13.2. The molecule has 0 aromatic carbocycles. The highest BCUT2D eigenvalue weighted by atomic mass is 16.5. The maximum Gasteiger partial charge on any atom is 0.0897 e. The maximum absolute atomic E-state index is 9.23. The third-order valence-electron chi connectivity index (χ3n) is 1.41. The van der Waals surface area contributed by atoms with Gasteiger partial charge in [-0.15, -0.1) is 0 Å². The number of aliphatic hydroxyl groups excluding tert-OH is 2. The van der Waals surface area contributed by atoms with Gasteiger partial charge in [0, 0.05) is 19.8 Å². The number of ether oxygens (including phenoxy) is 1. The first kappa shape index (κ1) is 11.8. The molecule has 0 fully saturated rings. The van der Waals surface area contributed by atoms with Gasteiger partial charge >= 0.3 is 0 Å². The van der Waals surface area contributed by atoms with Crippen LogP contribution in [0.2, 0.25) is 0 Å². The lowest BCUT2D eigenvalue weighted by Crippen LogP contribution is -2.31. The first-order valence-electron chi connectivity index (χ1n) is 4.38. The Morgan fingerprint density at radius 2 is 2.25 bits per heavy atom. The van der Waals surface area contributed by atoms with Gasteiger partial charge < -0.3 is 20.3 Å². The van der Waals surface area contributed by atoms with Crippen LogP contribution in [0.25, 0.3) is 0 Å². The summed E-state index contributed by atoms with van der Waals surface area (Å²) in [6.07, 6.45) is 0.282. The van der Waals surface area contributed by atoms with E-state index in [1.54, 1.807) is 0 Å². The summed E-state index contributed by atoms with van der Waals surface area (Å²) < 4.78 is 5.01. The number of rotatable bonds is 8. The van der Waals surface area contributed by atoms with Gasteiger partial charge in [-0.05, 0) is 19.9 Å². The van der Waals surface area contributed by atoms with Crippen LogP contribution in [0.1, 0.15) is 13.3 Å². The largest absolute Gasteiger partial charge is 0.396 e. The Balaban J connectivity index is 3.02. The number of aliphatic hydroxyl groups is 2. The Morgan fingerprint density at radius 1 is 1.50 bits per heavy atom. The highest BCUT2D eigenvalue weighted by molar-refractivity contribution is 4.57. The van der Waals surface area contributed by atoms with Gasteiger partial charge in [0.05, 0.1) is 12.7 Å². The van der Waals surface area contributed by atoms with Crippen molar-refractivity contribution in [3.63, 3.8) is 0 Å². The van der Waals surface area contributed by atoms with E-state index in [-0.39, 0.29) is 6.61 Å². The molecule has 0 heterocycles. The SMILES string of the molecule is CCOCC(O)CNCCCO. The molecule has 3 N–H and O–H groups in total.